The molecule has 2 unspecified atom stereocenters. The van der Waals surface area contributed by atoms with Gasteiger partial charge in [-0.05, 0) is 25.8 Å². The van der Waals surface area contributed by atoms with Crippen LogP contribution in [0.25, 0.3) is 0 Å². The third kappa shape index (κ3) is 11.6. The molecule has 0 bridgehead atoms. The van der Waals surface area contributed by atoms with E-state index >= 15 is 0 Å². The standard InChI is InChI=1S/C25H47N3O/c1-4-6-7-8-9-10-11-12-13-14-15-16-17-18-19-25-27-21-23-28(25,5-2)22-20-26-24(3)29/h18-19,21,25H,4-17,20,22-23H2,1-3H3/p+1/b19-18+. The van der Waals surface area contributed by atoms with Crippen LogP contribution in [0.1, 0.15) is 104 Å². The Morgan fingerprint density at radius 2 is 1.59 bits per heavy atom. The molecule has 1 heterocycles. The SMILES string of the molecule is CCCCCCCCCCCCCC/C=C/C1N=CC[N+]1(CC)CCNC(C)=O. The van der Waals surface area contributed by atoms with Gasteiger partial charge in [-0.15, -0.1) is 0 Å². The number of amides is 1. The fourth-order valence-corrected chi connectivity index (χ4v) is 4.27. The van der Waals surface area contributed by atoms with Crippen molar-refractivity contribution < 1.29 is 9.28 Å². The summed E-state index contributed by atoms with van der Waals surface area (Å²) in [4.78, 5) is 15.9. The second-order valence-corrected chi connectivity index (χ2v) is 8.78. The van der Waals surface area contributed by atoms with Crippen molar-refractivity contribution in [3.8, 4) is 0 Å². The van der Waals surface area contributed by atoms with Crippen LogP contribution >= 0.6 is 0 Å². The molecule has 1 amide bonds. The van der Waals surface area contributed by atoms with E-state index in [2.05, 4.69) is 37.5 Å². The second kappa shape index (κ2) is 16.6. The monoisotopic (exact) mass is 406 g/mol. The number of quaternary nitrogens is 1. The summed E-state index contributed by atoms with van der Waals surface area (Å²) in [6, 6.07) is 0. The molecule has 0 radical (unpaired) electrons. The van der Waals surface area contributed by atoms with Gasteiger partial charge in [-0.1, -0.05) is 83.6 Å². The number of unbranched alkanes of at least 4 members (excludes halogenated alkanes) is 12. The van der Waals surface area contributed by atoms with E-state index in [1.807, 2.05) is 0 Å². The molecule has 0 aromatic rings. The third-order valence-corrected chi connectivity index (χ3v) is 6.36. The summed E-state index contributed by atoms with van der Waals surface area (Å²) in [6.07, 6.45) is 24.9. The van der Waals surface area contributed by atoms with Crippen molar-refractivity contribution in [1.29, 1.82) is 0 Å². The Kier molecular flexibility index (Phi) is 14.8. The van der Waals surface area contributed by atoms with Crippen molar-refractivity contribution in [2.75, 3.05) is 26.2 Å². The molecule has 1 N–H and O–H groups in total. The summed E-state index contributed by atoms with van der Waals surface area (Å²) in [7, 11) is 0. The van der Waals surface area contributed by atoms with Crippen LogP contribution in [0, 0.1) is 0 Å². The highest BCUT2D eigenvalue weighted by Crippen LogP contribution is 2.20. The lowest BCUT2D eigenvalue weighted by Gasteiger charge is -2.36. The maximum absolute atomic E-state index is 11.1. The zero-order valence-electron chi connectivity index (χ0n) is 19.6. The minimum Gasteiger partial charge on any atom is -0.351 e. The Balaban J connectivity index is 2.06. The molecular weight excluding hydrogens is 358 g/mol. The largest absolute Gasteiger partial charge is 0.351 e. The number of aliphatic imine (C=N–C) groups is 1. The van der Waals surface area contributed by atoms with Gasteiger partial charge in [0.15, 0.2) is 0 Å². The maximum Gasteiger partial charge on any atom is 0.217 e. The van der Waals surface area contributed by atoms with Crippen LogP contribution in [-0.4, -0.2) is 48.9 Å². The van der Waals surface area contributed by atoms with Gasteiger partial charge in [0.25, 0.3) is 0 Å². The molecule has 0 spiro atoms. The Morgan fingerprint density at radius 1 is 1.00 bits per heavy atom. The summed E-state index contributed by atoms with van der Waals surface area (Å²) in [6.45, 7) is 9.81. The number of carbonyl (C=O) groups is 1. The number of nitrogens with one attached hydrogen (secondary N) is 1. The highest BCUT2D eigenvalue weighted by Gasteiger charge is 2.35. The number of hydrogen-bond donors (Lipinski definition) is 1. The highest BCUT2D eigenvalue weighted by atomic mass is 16.1. The zero-order valence-corrected chi connectivity index (χ0v) is 19.6. The van der Waals surface area contributed by atoms with Crippen LogP contribution in [0.3, 0.4) is 0 Å². The fraction of sp³-hybridized carbons (Fsp3) is 0.840. The van der Waals surface area contributed by atoms with Crippen molar-refractivity contribution >= 4 is 12.1 Å². The molecule has 0 fully saturated rings. The average Bonchev–Trinajstić information content (AvgIpc) is 3.11. The molecule has 4 nitrogen and oxygen atoms in total. The molecule has 0 aromatic heterocycles. The van der Waals surface area contributed by atoms with Crippen molar-refractivity contribution in [2.45, 2.75) is 110 Å². The van der Waals surface area contributed by atoms with E-state index in [-0.39, 0.29) is 12.1 Å². The van der Waals surface area contributed by atoms with Crippen LogP contribution in [0.15, 0.2) is 17.1 Å². The van der Waals surface area contributed by atoms with Crippen LogP contribution in [0.5, 0.6) is 0 Å². The smallest absolute Gasteiger partial charge is 0.217 e. The Bertz CT molecular complexity index is 475. The van der Waals surface area contributed by atoms with E-state index in [1.165, 1.54) is 83.5 Å². The van der Waals surface area contributed by atoms with E-state index in [9.17, 15) is 4.79 Å². The van der Waals surface area contributed by atoms with Crippen molar-refractivity contribution in [3.05, 3.63) is 12.2 Å². The predicted molar refractivity (Wildman–Crippen MR) is 126 cm³/mol. The number of nitrogens with zero attached hydrogens (tertiary/aromatic N) is 2. The van der Waals surface area contributed by atoms with Gasteiger partial charge in [-0.2, -0.15) is 0 Å². The average molecular weight is 407 g/mol. The number of carbonyl (C=O) groups excluding carboxylic acids is 1. The molecular formula is C25H48N3O+. The Labute approximate surface area is 180 Å². The van der Waals surface area contributed by atoms with E-state index in [4.69, 9.17) is 4.99 Å². The zero-order chi connectivity index (χ0) is 21.2. The molecule has 2 atom stereocenters. The number of rotatable bonds is 18. The molecule has 0 aromatic carbocycles. The third-order valence-electron chi connectivity index (χ3n) is 6.36. The first kappa shape index (κ1) is 25.9. The highest BCUT2D eigenvalue weighted by molar-refractivity contribution is 5.72. The second-order valence-electron chi connectivity index (χ2n) is 8.78. The lowest BCUT2D eigenvalue weighted by Crippen LogP contribution is -2.54. The van der Waals surface area contributed by atoms with Gasteiger partial charge in [0.2, 0.25) is 12.1 Å². The molecule has 1 rings (SSSR count). The van der Waals surface area contributed by atoms with Crippen LogP contribution in [-0.2, 0) is 4.79 Å². The van der Waals surface area contributed by atoms with Crippen LogP contribution < -0.4 is 5.32 Å². The van der Waals surface area contributed by atoms with E-state index in [0.29, 0.717) is 0 Å². The molecule has 0 aliphatic carbocycles. The maximum atomic E-state index is 11.1. The molecule has 0 saturated heterocycles. The molecule has 4 heteroatoms. The molecule has 1 aliphatic rings. The number of hydrogen-bond acceptors (Lipinski definition) is 2. The fourth-order valence-electron chi connectivity index (χ4n) is 4.27. The summed E-state index contributed by atoms with van der Waals surface area (Å²) < 4.78 is 0.940. The van der Waals surface area contributed by atoms with Gasteiger partial charge in [0.05, 0.1) is 25.8 Å². The van der Waals surface area contributed by atoms with E-state index in [1.54, 1.807) is 6.92 Å². The van der Waals surface area contributed by atoms with E-state index in [0.717, 1.165) is 30.7 Å². The molecule has 29 heavy (non-hydrogen) atoms. The predicted octanol–water partition coefficient (Wildman–Crippen LogP) is 6.02. The number of likely N-dealkylation sites (N-methyl/N-ethyl adjacent to an activating group) is 1. The normalized spacial score (nSPS) is 21.3. The summed E-state index contributed by atoms with van der Waals surface area (Å²) >= 11 is 0. The summed E-state index contributed by atoms with van der Waals surface area (Å²) in [5, 5.41) is 2.94. The lowest BCUT2D eigenvalue weighted by atomic mass is 10.0. The van der Waals surface area contributed by atoms with E-state index < -0.39 is 0 Å². The Morgan fingerprint density at radius 3 is 2.14 bits per heavy atom. The van der Waals surface area contributed by atoms with Gasteiger partial charge < -0.3 is 5.32 Å². The molecule has 0 saturated carbocycles. The van der Waals surface area contributed by atoms with Crippen LogP contribution in [0.4, 0.5) is 0 Å². The summed E-state index contributed by atoms with van der Waals surface area (Å²) in [5.41, 5.74) is 0. The van der Waals surface area contributed by atoms with Crippen LogP contribution in [0.2, 0.25) is 0 Å². The first-order valence-electron chi connectivity index (χ1n) is 12.4. The quantitative estimate of drug-likeness (QED) is 0.169. The first-order chi connectivity index (χ1) is 14.1. The van der Waals surface area contributed by atoms with Gasteiger partial charge >= 0.3 is 0 Å². The topological polar surface area (TPSA) is 41.5 Å². The lowest BCUT2D eigenvalue weighted by molar-refractivity contribution is -0.928. The minimum absolute atomic E-state index is 0.0541. The Hall–Kier alpha value is -1.16. The summed E-state index contributed by atoms with van der Waals surface area (Å²) in [5.74, 6) is 0.0541. The van der Waals surface area contributed by atoms with Gasteiger partial charge in [0, 0.05) is 6.92 Å². The minimum atomic E-state index is 0.0541. The number of allylic oxidation sites excluding steroid dienone is 1. The van der Waals surface area contributed by atoms with Gasteiger partial charge in [0.1, 0.15) is 6.54 Å². The van der Waals surface area contributed by atoms with Crippen molar-refractivity contribution in [1.82, 2.24) is 5.32 Å². The molecule has 1 aliphatic heterocycles. The van der Waals surface area contributed by atoms with Crippen molar-refractivity contribution in [2.24, 2.45) is 4.99 Å². The van der Waals surface area contributed by atoms with Crippen molar-refractivity contribution in [3.63, 3.8) is 0 Å². The molecule has 168 valence electrons. The van der Waals surface area contributed by atoms with Gasteiger partial charge in [-0.25, -0.2) is 4.99 Å². The first-order valence-corrected chi connectivity index (χ1v) is 12.4. The van der Waals surface area contributed by atoms with Gasteiger partial charge in [-0.3, -0.25) is 9.28 Å².